The normalized spacial score (nSPS) is 27.1. The lowest BCUT2D eigenvalue weighted by Crippen LogP contribution is -2.47. The number of fused-ring (bicyclic) bond motifs is 1. The van der Waals surface area contributed by atoms with Crippen LogP contribution in [0.3, 0.4) is 0 Å². The van der Waals surface area contributed by atoms with Crippen LogP contribution in [0, 0.1) is 23.7 Å². The van der Waals surface area contributed by atoms with Gasteiger partial charge in [0.15, 0.2) is 0 Å². The van der Waals surface area contributed by atoms with E-state index in [2.05, 4.69) is 5.32 Å². The summed E-state index contributed by atoms with van der Waals surface area (Å²) in [4.78, 5) is 41.0. The van der Waals surface area contributed by atoms with E-state index < -0.39 is 23.8 Å². The number of hydrogen-bond acceptors (Lipinski definition) is 5. The number of carbonyl (C=O) groups excluding carboxylic acids is 3. The Morgan fingerprint density at radius 1 is 1.16 bits per heavy atom. The van der Waals surface area contributed by atoms with Gasteiger partial charge in [-0.05, 0) is 31.2 Å². The second kappa shape index (κ2) is 10.6. The molecule has 0 radical (unpaired) electrons. The largest absolute Gasteiger partial charge is 0.466 e. The van der Waals surface area contributed by atoms with Crippen molar-refractivity contribution in [1.82, 2.24) is 10.2 Å². The molecule has 0 bridgehead atoms. The predicted octanol–water partition coefficient (Wildman–Crippen LogP) is 1.90. The van der Waals surface area contributed by atoms with Gasteiger partial charge in [-0.2, -0.15) is 0 Å². The lowest BCUT2D eigenvalue weighted by molar-refractivity contribution is -0.155. The van der Waals surface area contributed by atoms with Gasteiger partial charge in [-0.1, -0.05) is 49.4 Å². The Bertz CT molecular complexity index is 809. The summed E-state index contributed by atoms with van der Waals surface area (Å²) < 4.78 is 5.30. The maximum absolute atomic E-state index is 13.4. The lowest BCUT2D eigenvalue weighted by Gasteiger charge is -2.33. The maximum atomic E-state index is 13.4. The van der Waals surface area contributed by atoms with E-state index in [0.717, 1.165) is 5.56 Å². The molecule has 1 aromatic rings. The van der Waals surface area contributed by atoms with Crippen molar-refractivity contribution in [2.24, 2.45) is 23.7 Å². The highest BCUT2D eigenvalue weighted by molar-refractivity contribution is 5.96. The Morgan fingerprint density at radius 3 is 2.55 bits per heavy atom. The van der Waals surface area contributed by atoms with Crippen LogP contribution >= 0.6 is 0 Å². The van der Waals surface area contributed by atoms with Crippen LogP contribution in [0.1, 0.15) is 32.3 Å². The molecule has 0 saturated carbocycles. The van der Waals surface area contributed by atoms with Crippen LogP contribution < -0.4 is 5.32 Å². The Kier molecular flexibility index (Phi) is 7.85. The van der Waals surface area contributed by atoms with Gasteiger partial charge in [-0.3, -0.25) is 14.4 Å². The molecule has 7 nitrogen and oxygen atoms in total. The van der Waals surface area contributed by atoms with Crippen LogP contribution in [-0.4, -0.2) is 53.6 Å². The average Bonchev–Trinajstić information content (AvgIpc) is 3.07. The molecule has 1 aliphatic heterocycles. The van der Waals surface area contributed by atoms with Crippen LogP contribution in [0.2, 0.25) is 0 Å². The van der Waals surface area contributed by atoms with Crippen molar-refractivity contribution in [3.63, 3.8) is 0 Å². The standard InChI is InChI=1S/C24H32N2O5/c1-3-17-11-12-18-20(19(17)24(30)31-4-2)23(29)26(13-8-14-27)21(18)22(28)25-15-16-9-6-5-7-10-16/h5-7,9-12,17-21,27H,3-4,8,13-15H2,1-2H3,(H,25,28)/t17-,18+,19-,20-,21+/m1/s1. The fraction of sp³-hybridized carbons (Fsp3) is 0.542. The van der Waals surface area contributed by atoms with Gasteiger partial charge in [0, 0.05) is 25.6 Å². The molecule has 0 spiro atoms. The van der Waals surface area contributed by atoms with Gasteiger partial charge in [0.25, 0.3) is 0 Å². The zero-order valence-corrected chi connectivity index (χ0v) is 18.2. The lowest BCUT2D eigenvalue weighted by atomic mass is 9.69. The number of hydrogen-bond donors (Lipinski definition) is 2. The molecule has 2 amide bonds. The molecule has 2 aliphatic rings. The summed E-state index contributed by atoms with van der Waals surface area (Å²) in [5.74, 6) is -2.57. The summed E-state index contributed by atoms with van der Waals surface area (Å²) in [5, 5.41) is 12.3. The first-order valence-corrected chi connectivity index (χ1v) is 11.1. The molecular weight excluding hydrogens is 396 g/mol. The Labute approximate surface area is 183 Å². The van der Waals surface area contributed by atoms with Crippen molar-refractivity contribution in [3.05, 3.63) is 48.0 Å². The van der Waals surface area contributed by atoms with Gasteiger partial charge in [0.1, 0.15) is 6.04 Å². The molecule has 0 aromatic heterocycles. The molecule has 1 fully saturated rings. The quantitative estimate of drug-likeness (QED) is 0.463. The number of amides is 2. The first-order valence-electron chi connectivity index (χ1n) is 11.1. The third-order valence-electron chi connectivity index (χ3n) is 6.28. The minimum Gasteiger partial charge on any atom is -0.466 e. The summed E-state index contributed by atoms with van der Waals surface area (Å²) in [5.41, 5.74) is 0.966. The molecule has 1 heterocycles. The number of aliphatic hydroxyl groups excluding tert-OH is 1. The number of esters is 1. The Balaban J connectivity index is 1.88. The number of allylic oxidation sites excluding steroid dienone is 1. The smallest absolute Gasteiger partial charge is 0.310 e. The molecule has 1 aromatic carbocycles. The first kappa shape index (κ1) is 23.0. The van der Waals surface area contributed by atoms with Gasteiger partial charge in [0.2, 0.25) is 11.8 Å². The second-order valence-electron chi connectivity index (χ2n) is 8.10. The van der Waals surface area contributed by atoms with Gasteiger partial charge in [-0.15, -0.1) is 0 Å². The van der Waals surface area contributed by atoms with Gasteiger partial charge < -0.3 is 20.1 Å². The van der Waals surface area contributed by atoms with Crippen LogP contribution in [0.25, 0.3) is 0 Å². The highest BCUT2D eigenvalue weighted by atomic mass is 16.5. The molecule has 31 heavy (non-hydrogen) atoms. The van der Waals surface area contributed by atoms with Crippen molar-refractivity contribution < 1.29 is 24.2 Å². The number of benzene rings is 1. The monoisotopic (exact) mass is 428 g/mol. The molecule has 3 rings (SSSR count). The maximum Gasteiger partial charge on any atom is 0.310 e. The van der Waals surface area contributed by atoms with Gasteiger partial charge in [-0.25, -0.2) is 0 Å². The number of carbonyl (C=O) groups is 3. The SMILES string of the molecule is CCOC(=O)[C@H]1[C@@H]2C(=O)N(CCCO)[C@H](C(=O)NCc3ccccc3)[C@H]2C=C[C@H]1CC. The van der Waals surface area contributed by atoms with E-state index in [-0.39, 0.29) is 43.5 Å². The minimum atomic E-state index is -0.709. The van der Waals surface area contributed by atoms with Crippen LogP contribution in [0.5, 0.6) is 0 Å². The second-order valence-corrected chi connectivity index (χ2v) is 8.10. The third-order valence-corrected chi connectivity index (χ3v) is 6.28. The number of likely N-dealkylation sites (tertiary alicyclic amines) is 1. The van der Waals surface area contributed by atoms with E-state index in [1.54, 1.807) is 11.8 Å². The van der Waals surface area contributed by atoms with E-state index in [4.69, 9.17) is 4.74 Å². The number of aliphatic hydroxyl groups is 1. The van der Waals surface area contributed by atoms with Crippen LogP contribution in [0.15, 0.2) is 42.5 Å². The van der Waals surface area contributed by atoms with Crippen molar-refractivity contribution in [2.45, 2.75) is 39.3 Å². The number of nitrogens with one attached hydrogen (secondary N) is 1. The average molecular weight is 429 g/mol. The van der Waals surface area contributed by atoms with E-state index in [0.29, 0.717) is 19.4 Å². The van der Waals surface area contributed by atoms with Gasteiger partial charge >= 0.3 is 5.97 Å². The van der Waals surface area contributed by atoms with Crippen molar-refractivity contribution in [1.29, 1.82) is 0 Å². The Hall–Kier alpha value is -2.67. The summed E-state index contributed by atoms with van der Waals surface area (Å²) >= 11 is 0. The molecule has 5 atom stereocenters. The van der Waals surface area contributed by atoms with Crippen LogP contribution in [0.4, 0.5) is 0 Å². The topological polar surface area (TPSA) is 95.9 Å². The van der Waals surface area contributed by atoms with Crippen molar-refractivity contribution in [3.8, 4) is 0 Å². The van der Waals surface area contributed by atoms with Gasteiger partial charge in [0.05, 0.1) is 18.4 Å². The predicted molar refractivity (Wildman–Crippen MR) is 116 cm³/mol. The summed E-state index contributed by atoms with van der Waals surface area (Å²) in [6.07, 6.45) is 4.97. The fourth-order valence-corrected chi connectivity index (χ4v) is 4.82. The zero-order valence-electron chi connectivity index (χ0n) is 18.2. The van der Waals surface area contributed by atoms with E-state index in [1.165, 1.54) is 0 Å². The molecule has 2 N–H and O–H groups in total. The molecule has 0 unspecified atom stereocenters. The molecule has 7 heteroatoms. The van der Waals surface area contributed by atoms with Crippen molar-refractivity contribution in [2.75, 3.05) is 19.8 Å². The summed E-state index contributed by atoms with van der Waals surface area (Å²) in [7, 11) is 0. The van der Waals surface area contributed by atoms with E-state index in [9.17, 15) is 19.5 Å². The zero-order chi connectivity index (χ0) is 22.4. The highest BCUT2D eigenvalue weighted by Crippen LogP contribution is 2.45. The highest BCUT2D eigenvalue weighted by Gasteiger charge is 2.57. The Morgan fingerprint density at radius 2 is 1.90 bits per heavy atom. The molecular formula is C24H32N2O5. The third kappa shape index (κ3) is 4.82. The van der Waals surface area contributed by atoms with E-state index >= 15 is 0 Å². The summed E-state index contributed by atoms with van der Waals surface area (Å²) in [6, 6.07) is 8.87. The van der Waals surface area contributed by atoms with Crippen LogP contribution in [-0.2, 0) is 25.7 Å². The number of nitrogens with zero attached hydrogens (tertiary/aromatic N) is 1. The van der Waals surface area contributed by atoms with Crippen molar-refractivity contribution >= 4 is 17.8 Å². The summed E-state index contributed by atoms with van der Waals surface area (Å²) in [6.45, 7) is 4.53. The number of ether oxygens (including phenoxy) is 1. The fourth-order valence-electron chi connectivity index (χ4n) is 4.82. The molecule has 1 saturated heterocycles. The molecule has 1 aliphatic carbocycles. The first-order chi connectivity index (χ1) is 15.0. The number of rotatable bonds is 9. The molecule has 168 valence electrons. The minimum absolute atomic E-state index is 0.0772. The van der Waals surface area contributed by atoms with E-state index in [1.807, 2.05) is 49.4 Å².